The molecule has 0 radical (unpaired) electrons. The lowest BCUT2D eigenvalue weighted by Crippen LogP contribution is -2.36. The molecule has 122 valence electrons. The van der Waals surface area contributed by atoms with Crippen molar-refractivity contribution in [2.75, 3.05) is 0 Å². The molecule has 6 nitrogen and oxygen atoms in total. The third kappa shape index (κ3) is 4.37. The minimum Gasteiger partial charge on any atom is -0.351 e. The van der Waals surface area contributed by atoms with E-state index in [2.05, 4.69) is 27.5 Å². The number of hydrogen-bond acceptors (Lipinski definition) is 4. The van der Waals surface area contributed by atoms with E-state index in [1.54, 1.807) is 0 Å². The van der Waals surface area contributed by atoms with Gasteiger partial charge in [0.15, 0.2) is 0 Å². The van der Waals surface area contributed by atoms with Crippen molar-refractivity contribution in [1.29, 1.82) is 0 Å². The number of pyridine rings is 1. The van der Waals surface area contributed by atoms with Crippen LogP contribution in [0.1, 0.15) is 49.6 Å². The highest BCUT2D eigenvalue weighted by atomic mass is 16.1. The monoisotopic (exact) mass is 313 g/mol. The number of nitrogens with zero attached hydrogens (tertiary/aromatic N) is 4. The van der Waals surface area contributed by atoms with Crippen molar-refractivity contribution in [2.45, 2.75) is 58.0 Å². The van der Waals surface area contributed by atoms with Crippen molar-refractivity contribution in [3.05, 3.63) is 41.5 Å². The van der Waals surface area contributed by atoms with Crippen molar-refractivity contribution < 1.29 is 4.79 Å². The highest BCUT2D eigenvalue weighted by Gasteiger charge is 2.26. The molecule has 0 unspecified atom stereocenters. The Morgan fingerprint density at radius 2 is 2.26 bits per heavy atom. The summed E-state index contributed by atoms with van der Waals surface area (Å²) < 4.78 is 1.81. The second kappa shape index (κ2) is 6.89. The Kier molecular flexibility index (Phi) is 4.69. The Balaban J connectivity index is 1.47. The average Bonchev–Trinajstić information content (AvgIpc) is 3.28. The molecule has 23 heavy (non-hydrogen) atoms. The number of nitrogens with one attached hydrogen (secondary N) is 1. The Bertz CT molecular complexity index is 660. The van der Waals surface area contributed by atoms with Crippen LogP contribution in [0.4, 0.5) is 0 Å². The second-order valence-electron chi connectivity index (χ2n) is 6.30. The number of amides is 1. The largest absolute Gasteiger partial charge is 0.351 e. The summed E-state index contributed by atoms with van der Waals surface area (Å²) in [5.41, 5.74) is 3.05. The fourth-order valence-electron chi connectivity index (χ4n) is 2.55. The Morgan fingerprint density at radius 1 is 1.43 bits per heavy atom. The molecule has 2 aromatic heterocycles. The maximum atomic E-state index is 12.1. The lowest BCUT2D eigenvalue weighted by Gasteiger charge is -2.13. The Hall–Kier alpha value is -2.24. The first-order chi connectivity index (χ1) is 11.1. The topological polar surface area (TPSA) is 72.7 Å². The van der Waals surface area contributed by atoms with Crippen molar-refractivity contribution in [1.82, 2.24) is 25.3 Å². The van der Waals surface area contributed by atoms with Crippen molar-refractivity contribution >= 4 is 5.91 Å². The lowest BCUT2D eigenvalue weighted by molar-refractivity contribution is -0.121. The minimum absolute atomic E-state index is 0.00571. The molecule has 2 heterocycles. The summed E-state index contributed by atoms with van der Waals surface area (Å²) in [6.07, 6.45) is 7.52. The van der Waals surface area contributed by atoms with Crippen LogP contribution in [-0.2, 0) is 24.2 Å². The van der Waals surface area contributed by atoms with Crippen LogP contribution in [0.15, 0.2) is 24.5 Å². The standard InChI is InChI=1S/C17H23N5O/c1-3-13-4-7-15(18-9-13)8-17(23)19-12(2)10-22-11-16(20-21-22)14-5-6-14/h4,7,9,11-12,14H,3,5-6,8,10H2,1-2H3,(H,19,23)/t12-/m0/s1. The molecule has 1 N–H and O–H groups in total. The fourth-order valence-corrected chi connectivity index (χ4v) is 2.55. The lowest BCUT2D eigenvalue weighted by atomic mass is 10.2. The average molecular weight is 313 g/mol. The van der Waals surface area contributed by atoms with Gasteiger partial charge in [-0.1, -0.05) is 18.2 Å². The Morgan fingerprint density at radius 3 is 2.91 bits per heavy atom. The highest BCUT2D eigenvalue weighted by Crippen LogP contribution is 2.38. The molecule has 1 amide bonds. The third-order valence-electron chi connectivity index (χ3n) is 4.06. The van der Waals surface area contributed by atoms with Crippen LogP contribution in [0.25, 0.3) is 0 Å². The SMILES string of the molecule is CCc1ccc(CC(=O)N[C@@H](C)Cn2cc(C3CC3)nn2)nc1. The summed E-state index contributed by atoms with van der Waals surface area (Å²) in [7, 11) is 0. The zero-order chi connectivity index (χ0) is 16.2. The van der Waals surface area contributed by atoms with Crippen LogP contribution in [0.3, 0.4) is 0 Å². The van der Waals surface area contributed by atoms with Gasteiger partial charge in [0.25, 0.3) is 0 Å². The van der Waals surface area contributed by atoms with E-state index in [1.807, 2.05) is 36.1 Å². The first kappa shape index (κ1) is 15.6. The summed E-state index contributed by atoms with van der Waals surface area (Å²) in [4.78, 5) is 16.4. The molecule has 3 rings (SSSR count). The van der Waals surface area contributed by atoms with Gasteiger partial charge in [0.2, 0.25) is 5.91 Å². The van der Waals surface area contributed by atoms with Crippen molar-refractivity contribution in [2.24, 2.45) is 0 Å². The van der Waals surface area contributed by atoms with Crippen LogP contribution < -0.4 is 5.32 Å². The van der Waals surface area contributed by atoms with E-state index < -0.39 is 0 Å². The van der Waals surface area contributed by atoms with Gasteiger partial charge < -0.3 is 5.32 Å². The van der Waals surface area contributed by atoms with Gasteiger partial charge in [0, 0.05) is 30.0 Å². The van der Waals surface area contributed by atoms with Gasteiger partial charge in [-0.25, -0.2) is 0 Å². The second-order valence-corrected chi connectivity index (χ2v) is 6.30. The van der Waals surface area contributed by atoms with Gasteiger partial charge in [0.1, 0.15) is 0 Å². The van der Waals surface area contributed by atoms with Crippen molar-refractivity contribution in [3.8, 4) is 0 Å². The molecule has 6 heteroatoms. The van der Waals surface area contributed by atoms with Crippen molar-refractivity contribution in [3.63, 3.8) is 0 Å². The van der Waals surface area contributed by atoms with E-state index in [0.717, 1.165) is 17.8 Å². The predicted molar refractivity (Wildman–Crippen MR) is 86.9 cm³/mol. The molecule has 0 saturated heterocycles. The molecule has 0 aromatic carbocycles. The highest BCUT2D eigenvalue weighted by molar-refractivity contribution is 5.78. The maximum absolute atomic E-state index is 12.1. The molecule has 1 saturated carbocycles. The van der Waals surface area contributed by atoms with Crippen LogP contribution in [0.5, 0.6) is 0 Å². The third-order valence-corrected chi connectivity index (χ3v) is 4.06. The van der Waals surface area contributed by atoms with Gasteiger partial charge in [-0.15, -0.1) is 5.10 Å². The molecule has 0 aliphatic heterocycles. The molecule has 2 aromatic rings. The van der Waals surface area contributed by atoms with E-state index in [9.17, 15) is 4.79 Å². The number of carbonyl (C=O) groups is 1. The normalized spacial score (nSPS) is 15.4. The van der Waals surface area contributed by atoms with E-state index >= 15 is 0 Å². The van der Waals surface area contributed by atoms with Gasteiger partial charge >= 0.3 is 0 Å². The smallest absolute Gasteiger partial charge is 0.226 e. The zero-order valence-corrected chi connectivity index (χ0v) is 13.7. The summed E-state index contributed by atoms with van der Waals surface area (Å²) in [5.74, 6) is 0.586. The summed E-state index contributed by atoms with van der Waals surface area (Å²) in [5, 5.41) is 11.3. The van der Waals surface area contributed by atoms with E-state index in [-0.39, 0.29) is 11.9 Å². The van der Waals surface area contributed by atoms with Gasteiger partial charge in [-0.05, 0) is 37.8 Å². The number of carbonyl (C=O) groups excluding carboxylic acids is 1. The van der Waals surface area contributed by atoms with E-state index in [4.69, 9.17) is 0 Å². The maximum Gasteiger partial charge on any atom is 0.226 e. The summed E-state index contributed by atoms with van der Waals surface area (Å²) in [6, 6.07) is 3.95. The molecule has 1 atom stereocenters. The minimum atomic E-state index is -0.0169. The number of aromatic nitrogens is 4. The summed E-state index contributed by atoms with van der Waals surface area (Å²) in [6.45, 7) is 4.70. The molecule has 0 bridgehead atoms. The molecule has 1 fully saturated rings. The fraction of sp³-hybridized carbons (Fsp3) is 0.529. The first-order valence-electron chi connectivity index (χ1n) is 8.27. The molecular formula is C17H23N5O. The zero-order valence-electron chi connectivity index (χ0n) is 13.7. The van der Waals surface area contributed by atoms with Crippen LogP contribution >= 0.6 is 0 Å². The van der Waals surface area contributed by atoms with E-state index in [1.165, 1.54) is 18.4 Å². The number of aryl methyl sites for hydroxylation is 1. The predicted octanol–water partition coefficient (Wildman–Crippen LogP) is 1.86. The number of rotatable bonds is 7. The number of hydrogen-bond donors (Lipinski definition) is 1. The van der Waals surface area contributed by atoms with Gasteiger partial charge in [0.05, 0.1) is 18.7 Å². The van der Waals surface area contributed by atoms with E-state index in [0.29, 0.717) is 18.9 Å². The molecular weight excluding hydrogens is 290 g/mol. The Labute approximate surface area is 136 Å². The summed E-state index contributed by atoms with van der Waals surface area (Å²) >= 11 is 0. The van der Waals surface area contributed by atoms with Crippen LogP contribution in [0, 0.1) is 0 Å². The van der Waals surface area contributed by atoms with Gasteiger partial charge in [-0.3, -0.25) is 14.5 Å². The van der Waals surface area contributed by atoms with Crippen LogP contribution in [-0.4, -0.2) is 31.9 Å². The quantitative estimate of drug-likeness (QED) is 0.847. The molecule has 1 aliphatic carbocycles. The van der Waals surface area contributed by atoms with Crippen LogP contribution in [0.2, 0.25) is 0 Å². The molecule has 1 aliphatic rings. The molecule has 0 spiro atoms. The van der Waals surface area contributed by atoms with Gasteiger partial charge in [-0.2, -0.15) is 0 Å². The first-order valence-corrected chi connectivity index (χ1v) is 8.27.